The number of alkyl halides is 3. The van der Waals surface area contributed by atoms with E-state index in [4.69, 9.17) is 4.74 Å². The second kappa shape index (κ2) is 8.99. The van der Waals surface area contributed by atoms with Gasteiger partial charge in [-0.1, -0.05) is 42.5 Å². The third kappa shape index (κ3) is 5.28. The molecule has 0 bridgehead atoms. The summed E-state index contributed by atoms with van der Waals surface area (Å²) >= 11 is 0. The Bertz CT molecular complexity index is 750. The van der Waals surface area contributed by atoms with Gasteiger partial charge in [0, 0.05) is 5.56 Å². The third-order valence-electron chi connectivity index (χ3n) is 5.71. The van der Waals surface area contributed by atoms with Crippen molar-refractivity contribution >= 4 is 0 Å². The van der Waals surface area contributed by atoms with Crippen LogP contribution in [0.25, 0.3) is 0 Å². The number of hydrogen-bond acceptors (Lipinski definition) is 1. The summed E-state index contributed by atoms with van der Waals surface area (Å²) in [5, 5.41) is 0. The van der Waals surface area contributed by atoms with E-state index in [0.29, 0.717) is 12.2 Å². The molecule has 3 rings (SSSR count). The van der Waals surface area contributed by atoms with Crippen molar-refractivity contribution in [2.75, 3.05) is 26.2 Å². The fraction of sp³-hybridized carbons (Fsp3) is 0.478. The summed E-state index contributed by atoms with van der Waals surface area (Å²) in [5.74, 6) is -0.0253. The van der Waals surface area contributed by atoms with Gasteiger partial charge in [0.2, 0.25) is 0 Å². The average Bonchev–Trinajstić information content (AvgIpc) is 2.89. The molecule has 2 aromatic carbocycles. The van der Waals surface area contributed by atoms with Crippen molar-refractivity contribution in [1.82, 2.24) is 0 Å². The second-order valence-corrected chi connectivity index (χ2v) is 7.87. The monoisotopic (exact) mass is 392 g/mol. The Labute approximate surface area is 165 Å². The minimum Gasteiger partial charge on any atom is -0.487 e. The van der Waals surface area contributed by atoms with Crippen molar-refractivity contribution in [3.63, 3.8) is 0 Å². The third-order valence-corrected chi connectivity index (χ3v) is 5.71. The van der Waals surface area contributed by atoms with Gasteiger partial charge in [-0.2, -0.15) is 13.2 Å². The van der Waals surface area contributed by atoms with Gasteiger partial charge in [-0.25, -0.2) is 0 Å². The predicted octanol–water partition coefficient (Wildman–Crippen LogP) is 5.98. The first kappa shape index (κ1) is 20.7. The van der Waals surface area contributed by atoms with Gasteiger partial charge in [0.1, 0.15) is 25.4 Å². The number of halogens is 3. The summed E-state index contributed by atoms with van der Waals surface area (Å²) in [6, 6.07) is 14.6. The SMILES string of the molecule is Cc1cccc(C(F)(F)F)c1OCC[N+]1(Cc2ccccc2)CCCCCC1. The highest BCUT2D eigenvalue weighted by molar-refractivity contribution is 5.42. The quantitative estimate of drug-likeness (QED) is 0.549. The molecule has 5 heteroatoms. The van der Waals surface area contributed by atoms with E-state index in [1.807, 2.05) is 18.2 Å². The zero-order valence-corrected chi connectivity index (χ0v) is 16.5. The summed E-state index contributed by atoms with van der Waals surface area (Å²) in [6.07, 6.45) is 0.369. The van der Waals surface area contributed by atoms with Gasteiger partial charge in [0.25, 0.3) is 0 Å². The van der Waals surface area contributed by atoms with Gasteiger partial charge in [-0.3, -0.25) is 0 Å². The van der Waals surface area contributed by atoms with Crippen LogP contribution in [0.2, 0.25) is 0 Å². The number of likely N-dealkylation sites (tertiary alicyclic amines) is 1. The van der Waals surface area contributed by atoms with E-state index in [2.05, 4.69) is 12.1 Å². The average molecular weight is 392 g/mol. The number of quaternary nitrogens is 1. The van der Waals surface area contributed by atoms with Crippen LogP contribution in [0.15, 0.2) is 48.5 Å². The molecule has 0 unspecified atom stereocenters. The van der Waals surface area contributed by atoms with Crippen LogP contribution in [0, 0.1) is 6.92 Å². The van der Waals surface area contributed by atoms with Crippen LogP contribution in [0.5, 0.6) is 5.75 Å². The zero-order valence-electron chi connectivity index (χ0n) is 16.5. The van der Waals surface area contributed by atoms with Crippen LogP contribution >= 0.6 is 0 Å². The Kier molecular flexibility index (Phi) is 6.65. The number of nitrogens with zero attached hydrogens (tertiary/aromatic N) is 1. The predicted molar refractivity (Wildman–Crippen MR) is 105 cm³/mol. The summed E-state index contributed by atoms with van der Waals surface area (Å²) in [5.41, 5.74) is 1.12. The molecule has 1 saturated heterocycles. The van der Waals surface area contributed by atoms with E-state index in [1.54, 1.807) is 13.0 Å². The molecule has 0 aromatic heterocycles. The van der Waals surface area contributed by atoms with E-state index in [1.165, 1.54) is 24.5 Å². The van der Waals surface area contributed by atoms with Crippen LogP contribution in [0.3, 0.4) is 0 Å². The Morgan fingerprint density at radius 1 is 0.893 bits per heavy atom. The lowest BCUT2D eigenvalue weighted by atomic mass is 10.1. The van der Waals surface area contributed by atoms with Crippen LogP contribution in [0.4, 0.5) is 13.2 Å². The first-order valence-corrected chi connectivity index (χ1v) is 10.1. The molecule has 0 aliphatic carbocycles. The van der Waals surface area contributed by atoms with E-state index in [9.17, 15) is 13.2 Å². The van der Waals surface area contributed by atoms with Gasteiger partial charge in [0.15, 0.2) is 0 Å². The maximum absolute atomic E-state index is 13.3. The molecule has 0 atom stereocenters. The summed E-state index contributed by atoms with van der Waals surface area (Å²) in [6.45, 7) is 5.70. The van der Waals surface area contributed by atoms with Gasteiger partial charge >= 0.3 is 6.18 Å². The largest absolute Gasteiger partial charge is 0.487 e. The van der Waals surface area contributed by atoms with Crippen LogP contribution in [0.1, 0.15) is 42.4 Å². The Morgan fingerprint density at radius 2 is 1.57 bits per heavy atom. The molecule has 28 heavy (non-hydrogen) atoms. The molecule has 0 N–H and O–H groups in total. The maximum atomic E-state index is 13.3. The number of ether oxygens (including phenoxy) is 1. The Balaban J connectivity index is 1.74. The van der Waals surface area contributed by atoms with E-state index in [0.717, 1.165) is 49.6 Å². The van der Waals surface area contributed by atoms with Gasteiger partial charge < -0.3 is 9.22 Å². The summed E-state index contributed by atoms with van der Waals surface area (Å²) in [4.78, 5) is 0. The first-order valence-electron chi connectivity index (χ1n) is 10.1. The smallest absolute Gasteiger partial charge is 0.419 e. The molecule has 0 amide bonds. The van der Waals surface area contributed by atoms with Crippen molar-refractivity contribution in [3.05, 3.63) is 65.2 Å². The normalized spacial score (nSPS) is 17.1. The molecule has 1 fully saturated rings. The molecule has 0 saturated carbocycles. The lowest BCUT2D eigenvalue weighted by Crippen LogP contribution is -2.50. The van der Waals surface area contributed by atoms with Crippen molar-refractivity contribution in [2.45, 2.75) is 45.3 Å². The minimum atomic E-state index is -4.40. The van der Waals surface area contributed by atoms with Crippen LogP contribution < -0.4 is 4.74 Å². The van der Waals surface area contributed by atoms with Gasteiger partial charge in [-0.05, 0) is 44.2 Å². The summed E-state index contributed by atoms with van der Waals surface area (Å²) < 4.78 is 46.7. The Morgan fingerprint density at radius 3 is 2.21 bits per heavy atom. The maximum Gasteiger partial charge on any atom is 0.419 e. The molecule has 152 valence electrons. The molecule has 2 nitrogen and oxygen atoms in total. The van der Waals surface area contributed by atoms with Gasteiger partial charge in [0.05, 0.1) is 18.7 Å². The fourth-order valence-electron chi connectivity index (χ4n) is 4.20. The number of benzene rings is 2. The lowest BCUT2D eigenvalue weighted by Gasteiger charge is -2.38. The number of aryl methyl sites for hydroxylation is 1. The van der Waals surface area contributed by atoms with E-state index >= 15 is 0 Å². The van der Waals surface area contributed by atoms with Crippen LogP contribution in [-0.4, -0.2) is 30.7 Å². The molecule has 0 spiro atoms. The number of hydrogen-bond donors (Lipinski definition) is 0. The van der Waals surface area contributed by atoms with Crippen molar-refractivity contribution < 1.29 is 22.4 Å². The first-order chi connectivity index (χ1) is 13.4. The van der Waals surface area contributed by atoms with Crippen molar-refractivity contribution in [1.29, 1.82) is 0 Å². The minimum absolute atomic E-state index is 0.0253. The van der Waals surface area contributed by atoms with Gasteiger partial charge in [-0.15, -0.1) is 0 Å². The molecule has 0 radical (unpaired) electrons. The second-order valence-electron chi connectivity index (χ2n) is 7.87. The number of para-hydroxylation sites is 1. The number of rotatable bonds is 6. The highest BCUT2D eigenvalue weighted by atomic mass is 19.4. The van der Waals surface area contributed by atoms with E-state index in [-0.39, 0.29) is 5.75 Å². The van der Waals surface area contributed by atoms with Crippen molar-refractivity contribution in [3.8, 4) is 5.75 Å². The zero-order chi connectivity index (χ0) is 20.0. The molecule has 1 aliphatic heterocycles. The standard InChI is InChI=1S/C23H29F3NO/c1-19-10-9-13-21(23(24,25)26)22(19)28-17-16-27(14-7-2-3-8-15-27)18-20-11-5-4-6-12-20/h4-6,9-13H,2-3,7-8,14-18H2,1H3/q+1. The molecule has 1 heterocycles. The molecular weight excluding hydrogens is 363 g/mol. The molecular formula is C23H29F3NO+. The lowest BCUT2D eigenvalue weighted by molar-refractivity contribution is -0.940. The van der Waals surface area contributed by atoms with E-state index < -0.39 is 11.7 Å². The summed E-state index contributed by atoms with van der Waals surface area (Å²) in [7, 11) is 0. The van der Waals surface area contributed by atoms with Crippen LogP contribution in [-0.2, 0) is 12.7 Å². The fourth-order valence-corrected chi connectivity index (χ4v) is 4.20. The topological polar surface area (TPSA) is 9.23 Å². The highest BCUT2D eigenvalue weighted by Crippen LogP contribution is 2.38. The Hall–Kier alpha value is -2.01. The molecule has 2 aromatic rings. The van der Waals surface area contributed by atoms with Crippen molar-refractivity contribution in [2.24, 2.45) is 0 Å². The molecule has 1 aliphatic rings. The highest BCUT2D eigenvalue weighted by Gasteiger charge is 2.35.